The molecule has 0 spiro atoms. The summed E-state index contributed by atoms with van der Waals surface area (Å²) in [5.74, 6) is -6.75. The zero-order valence-corrected chi connectivity index (χ0v) is 50.0. The number of nitriles is 1. The normalized spacial score (nSPS) is 17.9. The minimum atomic E-state index is -0.699. The molecular formula is C63H66N2O20S2. The number of carbonyl (C=O) groups excluding carboxylic acids is 10. The largest absolute Gasteiger partial charge is 0.465 e. The van der Waals surface area contributed by atoms with E-state index in [4.69, 9.17) is 53.9 Å². The molecule has 1 heterocycles. The number of ether oxygens (including phenoxy) is 10. The van der Waals surface area contributed by atoms with Crippen LogP contribution in [0, 0.1) is 48.5 Å². The summed E-state index contributed by atoms with van der Waals surface area (Å²) >= 11 is 2.13. The lowest BCUT2D eigenvalue weighted by Gasteiger charge is -2.27. The topological polar surface area (TPSA) is 291 Å². The number of fused-ring (bicyclic) bond motifs is 1. The zero-order chi connectivity index (χ0) is 63.0. The highest BCUT2D eigenvalue weighted by atomic mass is 32.2. The van der Waals surface area contributed by atoms with E-state index >= 15 is 0 Å². The number of nitrogens with zero attached hydrogens (tertiary/aromatic N) is 2. The van der Waals surface area contributed by atoms with Crippen LogP contribution in [0.15, 0.2) is 99.6 Å². The number of allylic oxidation sites excluding steroid dienone is 1. The quantitative estimate of drug-likeness (QED) is 0.0163. The van der Waals surface area contributed by atoms with E-state index in [2.05, 4.69) is 18.0 Å². The second kappa shape index (κ2) is 33.8. The molecule has 24 heteroatoms. The van der Waals surface area contributed by atoms with E-state index in [-0.39, 0.29) is 69.3 Å². The smallest absolute Gasteiger partial charge is 0.330 e. The Balaban J connectivity index is 0.916. The van der Waals surface area contributed by atoms with Gasteiger partial charge in [-0.2, -0.15) is 0 Å². The SMILES string of the molecule is [C-]#[N+]/C(C#N)=C1\Sc2c(OC(=O)C3CCC(C(=O)Oc4ccc(CCOC(=O)CCC(=O)OCC(C)OC(=O)C=C)cc4)CC3)cc(C)c(OC(=O)C3CCC(C(=O)Oc4ccc(CCOC(=O)CCC(=O)OC(C)COC(=O)C=C)cc4)CC3)c2S1. The molecule has 2 atom stereocenters. The van der Waals surface area contributed by atoms with Gasteiger partial charge in [0.2, 0.25) is 0 Å². The monoisotopic (exact) mass is 1230 g/mol. The van der Waals surface area contributed by atoms with Gasteiger partial charge >= 0.3 is 59.7 Å². The fourth-order valence-electron chi connectivity index (χ4n) is 9.14. The maximum absolute atomic E-state index is 13.8. The molecule has 22 nitrogen and oxygen atoms in total. The zero-order valence-electron chi connectivity index (χ0n) is 48.3. The van der Waals surface area contributed by atoms with Crippen LogP contribution in [0.4, 0.5) is 0 Å². The van der Waals surface area contributed by atoms with Crippen molar-refractivity contribution in [3.63, 3.8) is 0 Å². The lowest BCUT2D eigenvalue weighted by Crippen LogP contribution is -2.31. The van der Waals surface area contributed by atoms with Crippen molar-refractivity contribution in [2.24, 2.45) is 23.7 Å². The van der Waals surface area contributed by atoms with Crippen LogP contribution in [0.25, 0.3) is 4.85 Å². The third-order valence-electron chi connectivity index (χ3n) is 13.9. The van der Waals surface area contributed by atoms with Crippen LogP contribution in [-0.2, 0) is 89.2 Å². The van der Waals surface area contributed by atoms with Gasteiger partial charge in [0.15, 0.2) is 0 Å². The van der Waals surface area contributed by atoms with Gasteiger partial charge in [0.25, 0.3) is 5.70 Å². The van der Waals surface area contributed by atoms with Gasteiger partial charge < -0.3 is 47.4 Å². The number of rotatable bonds is 28. The Bertz CT molecular complexity index is 3170. The Morgan fingerprint density at radius 3 is 1.45 bits per heavy atom. The van der Waals surface area contributed by atoms with Gasteiger partial charge in [-0.15, -0.1) is 0 Å². The number of thioether (sulfide) groups is 2. The lowest BCUT2D eigenvalue weighted by atomic mass is 9.82. The first-order chi connectivity index (χ1) is 41.7. The van der Waals surface area contributed by atoms with Crippen molar-refractivity contribution in [1.29, 1.82) is 5.26 Å². The summed E-state index contributed by atoms with van der Waals surface area (Å²) in [6.07, 6.45) is 3.34. The van der Waals surface area contributed by atoms with E-state index in [0.29, 0.717) is 95.3 Å². The molecule has 1 aliphatic heterocycles. The molecule has 0 bridgehead atoms. The predicted octanol–water partition coefficient (Wildman–Crippen LogP) is 9.49. The summed E-state index contributed by atoms with van der Waals surface area (Å²) < 4.78 is 54.1. The first kappa shape index (κ1) is 67.4. The fraction of sp³-hybridized carbons (Fsp3) is 0.429. The van der Waals surface area contributed by atoms with Gasteiger partial charge in [0.05, 0.1) is 89.2 Å². The van der Waals surface area contributed by atoms with E-state index in [1.165, 1.54) is 0 Å². The molecule has 2 fully saturated rings. The Morgan fingerprint density at radius 2 is 0.989 bits per heavy atom. The molecular weight excluding hydrogens is 1170 g/mol. The first-order valence-electron chi connectivity index (χ1n) is 28.1. The number of aryl methyl sites for hydroxylation is 1. The number of hydrogen-bond acceptors (Lipinski definition) is 23. The Kier molecular flexibility index (Phi) is 26.2. The minimum absolute atomic E-state index is 0.0481. The molecule has 6 rings (SSSR count). The predicted molar refractivity (Wildman–Crippen MR) is 310 cm³/mol. The Labute approximate surface area is 511 Å². The van der Waals surface area contributed by atoms with Gasteiger partial charge in [-0.3, -0.25) is 38.4 Å². The van der Waals surface area contributed by atoms with Crippen molar-refractivity contribution in [3.8, 4) is 29.1 Å². The summed E-state index contributed by atoms with van der Waals surface area (Å²) in [5, 5.41) is 9.76. The molecule has 3 aromatic carbocycles. The molecule has 0 amide bonds. The second-order valence-corrected chi connectivity index (χ2v) is 22.8. The number of hydrogen-bond donors (Lipinski definition) is 0. The number of carbonyl (C=O) groups is 10. The molecule has 0 saturated heterocycles. The van der Waals surface area contributed by atoms with Crippen molar-refractivity contribution in [2.45, 2.75) is 133 Å². The van der Waals surface area contributed by atoms with Crippen LogP contribution in [0.2, 0.25) is 0 Å². The summed E-state index contributed by atoms with van der Waals surface area (Å²) in [4.78, 5) is 129. The van der Waals surface area contributed by atoms with E-state index in [1.54, 1.807) is 75.4 Å². The molecule has 0 radical (unpaired) electrons. The minimum Gasteiger partial charge on any atom is -0.465 e. The molecule has 3 aliphatic rings. The van der Waals surface area contributed by atoms with Gasteiger partial charge in [-0.1, -0.05) is 60.9 Å². The molecule has 0 aromatic heterocycles. The highest BCUT2D eigenvalue weighted by molar-refractivity contribution is 8.24. The van der Waals surface area contributed by atoms with E-state index in [0.717, 1.165) is 46.8 Å². The fourth-order valence-corrected chi connectivity index (χ4v) is 11.7. The molecule has 0 N–H and O–H groups in total. The van der Waals surface area contributed by atoms with Crippen LogP contribution >= 0.6 is 23.5 Å². The van der Waals surface area contributed by atoms with Crippen molar-refractivity contribution < 1.29 is 95.3 Å². The Hall–Kier alpha value is -8.74. The van der Waals surface area contributed by atoms with Crippen molar-refractivity contribution in [3.05, 3.63) is 118 Å². The van der Waals surface area contributed by atoms with Crippen LogP contribution in [0.3, 0.4) is 0 Å². The molecule has 2 saturated carbocycles. The van der Waals surface area contributed by atoms with Crippen molar-refractivity contribution in [2.75, 3.05) is 26.4 Å². The first-order valence-corrected chi connectivity index (χ1v) is 29.8. The third kappa shape index (κ3) is 21.3. The average Bonchev–Trinajstić information content (AvgIpc) is 2.40. The summed E-state index contributed by atoms with van der Waals surface area (Å²) in [7, 11) is 0. The summed E-state index contributed by atoms with van der Waals surface area (Å²) in [6, 6.07) is 16.9. The maximum Gasteiger partial charge on any atom is 0.330 e. The molecule has 3 aromatic rings. The van der Waals surface area contributed by atoms with Gasteiger partial charge in [-0.25, -0.2) is 19.7 Å². The number of benzene rings is 3. The van der Waals surface area contributed by atoms with Crippen LogP contribution in [0.1, 0.15) is 108 Å². The molecule has 87 heavy (non-hydrogen) atoms. The Morgan fingerprint density at radius 1 is 0.575 bits per heavy atom. The van der Waals surface area contributed by atoms with Crippen LogP contribution in [-0.4, -0.2) is 98.3 Å². The van der Waals surface area contributed by atoms with Crippen LogP contribution in [0.5, 0.6) is 23.0 Å². The van der Waals surface area contributed by atoms with E-state index < -0.39 is 95.6 Å². The third-order valence-corrected chi connectivity index (χ3v) is 16.5. The summed E-state index contributed by atoms with van der Waals surface area (Å²) in [6.45, 7) is 18.7. The van der Waals surface area contributed by atoms with Gasteiger partial charge in [-0.05, 0) is 119 Å². The standard InChI is InChI=1S/C63H66N2O20S2/c1-7-50(66)78-35-39(5)81-55(71)28-27-53(69)77-32-30-41-11-23-47(24-12-41)83-60(73)43-15-19-45(20-16-43)62(75)85-56-37(3)33-49(57-58(56)87-63(86-57)48(34-64)65-6)84-61(74)44-17-13-42(14-18-44)59(72)82-46-21-9-40(10-22-46)29-31-76-52(68)25-26-54(70)79-36-38(4)80-51(67)8-2/h7-12,21-24,33,38-39,42-45H,1-2,13-20,25-32,35-36H2,3-5H3/b63-48+. The second-order valence-electron chi connectivity index (χ2n) is 20.5. The highest BCUT2D eigenvalue weighted by Crippen LogP contribution is 2.60. The van der Waals surface area contributed by atoms with Gasteiger partial charge in [0.1, 0.15) is 48.4 Å². The number of esters is 10. The maximum atomic E-state index is 13.8. The van der Waals surface area contributed by atoms with Crippen molar-refractivity contribution in [1.82, 2.24) is 0 Å². The molecule has 2 unspecified atom stereocenters. The molecule has 460 valence electrons. The molecule has 2 aliphatic carbocycles. The summed E-state index contributed by atoms with van der Waals surface area (Å²) in [5.41, 5.74) is 1.89. The average molecular weight is 1240 g/mol. The lowest BCUT2D eigenvalue weighted by molar-refractivity contribution is -0.157. The van der Waals surface area contributed by atoms with Crippen LogP contribution < -0.4 is 18.9 Å². The van der Waals surface area contributed by atoms with Crippen molar-refractivity contribution >= 4 is 83.2 Å². The van der Waals surface area contributed by atoms with E-state index in [1.807, 2.05) is 6.07 Å². The highest BCUT2D eigenvalue weighted by Gasteiger charge is 2.37. The van der Waals surface area contributed by atoms with Gasteiger partial charge in [0, 0.05) is 25.0 Å². The van der Waals surface area contributed by atoms with E-state index in [9.17, 15) is 53.2 Å².